The number of nitrogens with one attached hydrogen (secondary N) is 1. The van der Waals surface area contributed by atoms with E-state index in [4.69, 9.17) is 0 Å². The van der Waals surface area contributed by atoms with Crippen molar-refractivity contribution in [3.05, 3.63) is 0 Å². The van der Waals surface area contributed by atoms with Gasteiger partial charge >= 0.3 is 6.18 Å². The van der Waals surface area contributed by atoms with Gasteiger partial charge in [0.1, 0.15) is 0 Å². The fraction of sp³-hybridized carbons (Fsp3) is 0.857. The molecule has 0 aliphatic heterocycles. The number of amides is 1. The maximum Gasteiger partial charge on any atom is 0.389 e. The molecule has 2 nitrogen and oxygen atoms in total. The predicted octanol–water partition coefficient (Wildman–Crippen LogP) is 2.23. The Hall–Kier alpha value is -0.260. The molecular weight excluding hydrogens is 251 g/mol. The molecule has 1 amide bonds. The molecule has 0 rings (SSSR count). The van der Waals surface area contributed by atoms with Crippen molar-refractivity contribution in [2.75, 3.05) is 11.9 Å². The molecule has 0 aromatic carbocycles. The van der Waals surface area contributed by atoms with E-state index in [2.05, 4.69) is 21.2 Å². The van der Waals surface area contributed by atoms with Crippen molar-refractivity contribution in [1.29, 1.82) is 0 Å². The molecule has 0 saturated heterocycles. The number of hydrogen-bond donors (Lipinski definition) is 1. The van der Waals surface area contributed by atoms with Crippen molar-refractivity contribution >= 4 is 21.8 Å². The van der Waals surface area contributed by atoms with Crippen LogP contribution in [0.4, 0.5) is 13.2 Å². The van der Waals surface area contributed by atoms with Crippen LogP contribution >= 0.6 is 15.9 Å². The van der Waals surface area contributed by atoms with Crippen molar-refractivity contribution in [1.82, 2.24) is 5.32 Å². The third-order valence-corrected chi connectivity index (χ3v) is 1.83. The highest BCUT2D eigenvalue weighted by Crippen LogP contribution is 2.20. The van der Waals surface area contributed by atoms with Crippen LogP contribution in [-0.4, -0.2) is 24.0 Å². The standard InChI is InChI=1S/C7H11BrF3NO/c8-4-1-5-12-6(13)2-3-7(9,10)11/h1-5H2,(H,12,13). The van der Waals surface area contributed by atoms with E-state index in [1.165, 1.54) is 0 Å². The summed E-state index contributed by atoms with van der Waals surface area (Å²) in [7, 11) is 0. The fourth-order valence-corrected chi connectivity index (χ4v) is 0.919. The number of halogens is 4. The molecule has 0 aliphatic carbocycles. The van der Waals surface area contributed by atoms with Crippen LogP contribution in [0.15, 0.2) is 0 Å². The normalized spacial score (nSPS) is 11.4. The van der Waals surface area contributed by atoms with Crippen LogP contribution in [0.2, 0.25) is 0 Å². The van der Waals surface area contributed by atoms with E-state index < -0.39 is 24.9 Å². The van der Waals surface area contributed by atoms with Crippen molar-refractivity contribution < 1.29 is 18.0 Å². The Morgan fingerprint density at radius 2 is 2.00 bits per heavy atom. The summed E-state index contributed by atoms with van der Waals surface area (Å²) in [5, 5.41) is 3.12. The Labute approximate surface area is 83.0 Å². The molecule has 0 fully saturated rings. The zero-order valence-corrected chi connectivity index (χ0v) is 8.54. The summed E-state index contributed by atoms with van der Waals surface area (Å²) in [5.41, 5.74) is 0. The van der Waals surface area contributed by atoms with Crippen LogP contribution in [-0.2, 0) is 4.79 Å². The molecule has 0 aromatic heterocycles. The van der Waals surface area contributed by atoms with Gasteiger partial charge in [0, 0.05) is 18.3 Å². The Morgan fingerprint density at radius 1 is 1.38 bits per heavy atom. The second-order valence-electron chi connectivity index (χ2n) is 2.51. The van der Waals surface area contributed by atoms with Crippen LogP contribution in [0.1, 0.15) is 19.3 Å². The fourth-order valence-electron chi connectivity index (χ4n) is 0.638. The van der Waals surface area contributed by atoms with Gasteiger partial charge in [0.2, 0.25) is 5.91 Å². The summed E-state index contributed by atoms with van der Waals surface area (Å²) >= 11 is 3.14. The third kappa shape index (κ3) is 9.66. The largest absolute Gasteiger partial charge is 0.389 e. The number of carbonyl (C=O) groups excluding carboxylic acids is 1. The molecule has 0 atom stereocenters. The summed E-state index contributed by atoms with van der Waals surface area (Å²) in [6, 6.07) is 0. The minimum absolute atomic E-state index is 0.419. The van der Waals surface area contributed by atoms with E-state index in [1.807, 2.05) is 0 Å². The average Bonchev–Trinajstić information content (AvgIpc) is 2.00. The molecule has 0 radical (unpaired) electrons. The molecule has 13 heavy (non-hydrogen) atoms. The highest BCUT2D eigenvalue weighted by molar-refractivity contribution is 9.09. The quantitative estimate of drug-likeness (QED) is 0.597. The predicted molar refractivity (Wildman–Crippen MR) is 46.7 cm³/mol. The lowest BCUT2D eigenvalue weighted by Gasteiger charge is -2.06. The van der Waals surface area contributed by atoms with Gasteiger partial charge in [0.25, 0.3) is 0 Å². The van der Waals surface area contributed by atoms with E-state index in [0.29, 0.717) is 6.54 Å². The zero-order chi connectivity index (χ0) is 10.3. The van der Waals surface area contributed by atoms with E-state index in [0.717, 1.165) is 11.8 Å². The molecule has 78 valence electrons. The monoisotopic (exact) mass is 261 g/mol. The summed E-state index contributed by atoms with van der Waals surface area (Å²) in [5.74, 6) is -0.543. The summed E-state index contributed by atoms with van der Waals surface area (Å²) in [6.45, 7) is 0.419. The van der Waals surface area contributed by atoms with Gasteiger partial charge in [0.15, 0.2) is 0 Å². The second-order valence-corrected chi connectivity index (χ2v) is 3.30. The first-order valence-corrected chi connectivity index (χ1v) is 4.97. The summed E-state index contributed by atoms with van der Waals surface area (Å²) < 4.78 is 34.9. The zero-order valence-electron chi connectivity index (χ0n) is 6.96. The minimum atomic E-state index is -4.24. The van der Waals surface area contributed by atoms with Crippen LogP contribution in [0, 0.1) is 0 Å². The molecule has 0 saturated carbocycles. The average molecular weight is 262 g/mol. The van der Waals surface area contributed by atoms with E-state index in [-0.39, 0.29) is 0 Å². The Morgan fingerprint density at radius 3 is 2.46 bits per heavy atom. The molecule has 0 heterocycles. The molecule has 0 aromatic rings. The van der Waals surface area contributed by atoms with E-state index in [1.54, 1.807) is 0 Å². The van der Waals surface area contributed by atoms with Gasteiger partial charge in [-0.05, 0) is 6.42 Å². The first-order chi connectivity index (χ1) is 5.95. The highest BCUT2D eigenvalue weighted by atomic mass is 79.9. The van der Waals surface area contributed by atoms with Crippen molar-refractivity contribution in [3.63, 3.8) is 0 Å². The van der Waals surface area contributed by atoms with Crippen LogP contribution in [0.25, 0.3) is 0 Å². The minimum Gasteiger partial charge on any atom is -0.356 e. The van der Waals surface area contributed by atoms with Gasteiger partial charge in [-0.3, -0.25) is 4.79 Å². The lowest BCUT2D eigenvalue weighted by Crippen LogP contribution is -2.26. The maximum absolute atomic E-state index is 11.6. The van der Waals surface area contributed by atoms with Crippen molar-refractivity contribution in [2.24, 2.45) is 0 Å². The summed E-state index contributed by atoms with van der Waals surface area (Å²) in [4.78, 5) is 10.7. The van der Waals surface area contributed by atoms with Crippen molar-refractivity contribution in [3.8, 4) is 0 Å². The molecule has 0 unspecified atom stereocenters. The SMILES string of the molecule is O=C(CCC(F)(F)F)NCCCBr. The smallest absolute Gasteiger partial charge is 0.356 e. The number of alkyl halides is 4. The van der Waals surface area contributed by atoms with Crippen LogP contribution in [0.5, 0.6) is 0 Å². The molecule has 0 bridgehead atoms. The third-order valence-electron chi connectivity index (χ3n) is 1.27. The molecular formula is C7H11BrF3NO. The van der Waals surface area contributed by atoms with E-state index >= 15 is 0 Å². The summed E-state index contributed by atoms with van der Waals surface area (Å²) in [6.07, 6.45) is -5.05. The lowest BCUT2D eigenvalue weighted by molar-refractivity contribution is -0.144. The Bertz CT molecular complexity index is 160. The molecule has 6 heteroatoms. The van der Waals surface area contributed by atoms with Gasteiger partial charge in [-0.1, -0.05) is 15.9 Å². The Balaban J connectivity index is 3.41. The first-order valence-electron chi connectivity index (χ1n) is 3.85. The van der Waals surface area contributed by atoms with Gasteiger partial charge in [-0.2, -0.15) is 13.2 Å². The Kier molecular flexibility index (Phi) is 6.11. The van der Waals surface area contributed by atoms with E-state index in [9.17, 15) is 18.0 Å². The van der Waals surface area contributed by atoms with Crippen LogP contribution in [0.3, 0.4) is 0 Å². The number of hydrogen-bond acceptors (Lipinski definition) is 1. The van der Waals surface area contributed by atoms with Gasteiger partial charge in [-0.25, -0.2) is 0 Å². The number of rotatable bonds is 5. The second kappa shape index (κ2) is 6.23. The first kappa shape index (κ1) is 12.7. The topological polar surface area (TPSA) is 29.1 Å². The van der Waals surface area contributed by atoms with Crippen LogP contribution < -0.4 is 5.32 Å². The highest BCUT2D eigenvalue weighted by Gasteiger charge is 2.27. The lowest BCUT2D eigenvalue weighted by atomic mass is 10.3. The van der Waals surface area contributed by atoms with Gasteiger partial charge in [-0.15, -0.1) is 0 Å². The van der Waals surface area contributed by atoms with Gasteiger partial charge < -0.3 is 5.32 Å². The maximum atomic E-state index is 11.6. The van der Waals surface area contributed by atoms with Crippen molar-refractivity contribution in [2.45, 2.75) is 25.4 Å². The molecule has 1 N–H and O–H groups in total. The number of carbonyl (C=O) groups is 1. The molecule has 0 spiro atoms. The molecule has 0 aliphatic rings. The van der Waals surface area contributed by atoms with Gasteiger partial charge in [0.05, 0.1) is 6.42 Å².